The maximum atomic E-state index is 11.3. The molecule has 0 atom stereocenters. The average molecular weight is 197 g/mol. The Morgan fingerprint density at radius 1 is 1.25 bits per heavy atom. The first-order valence-electron chi connectivity index (χ1n) is 3.44. The number of benzene rings is 1. The van der Waals surface area contributed by atoms with E-state index < -0.39 is 0 Å². The summed E-state index contributed by atoms with van der Waals surface area (Å²) >= 11 is 7.30. The van der Waals surface area contributed by atoms with Gasteiger partial charge in [0.05, 0.1) is 0 Å². The van der Waals surface area contributed by atoms with Crippen LogP contribution in [0.25, 0.3) is 10.1 Å². The maximum absolute atomic E-state index is 11.3. The highest BCUT2D eigenvalue weighted by Gasteiger charge is 1.97. The van der Waals surface area contributed by atoms with Gasteiger partial charge < -0.3 is 0 Å². The first kappa shape index (κ1) is 7.77. The molecule has 1 heterocycles. The van der Waals surface area contributed by atoms with E-state index in [1.165, 1.54) is 11.3 Å². The van der Waals surface area contributed by atoms with Gasteiger partial charge in [-0.1, -0.05) is 11.6 Å². The largest absolute Gasteiger partial charge is 0.289 e. The van der Waals surface area contributed by atoms with Gasteiger partial charge in [-0.2, -0.15) is 0 Å². The number of rotatable bonds is 0. The summed E-state index contributed by atoms with van der Waals surface area (Å²) < 4.78 is 0.940. The standard InChI is InChI=1S/C9H5ClOS/c10-6-1-2-7-8(11)3-4-12-9(7)5-6/h1-5H. The van der Waals surface area contributed by atoms with Crippen LogP contribution in [-0.4, -0.2) is 0 Å². The fourth-order valence-electron chi connectivity index (χ4n) is 1.06. The van der Waals surface area contributed by atoms with E-state index in [1.54, 1.807) is 23.6 Å². The predicted molar refractivity (Wildman–Crippen MR) is 53.1 cm³/mol. The Morgan fingerprint density at radius 3 is 2.92 bits per heavy atom. The molecule has 0 unspecified atom stereocenters. The van der Waals surface area contributed by atoms with E-state index in [2.05, 4.69) is 0 Å². The highest BCUT2D eigenvalue weighted by atomic mass is 35.5. The Kier molecular flexibility index (Phi) is 1.87. The van der Waals surface area contributed by atoms with Gasteiger partial charge in [-0.25, -0.2) is 0 Å². The maximum Gasteiger partial charge on any atom is 0.188 e. The molecular formula is C9H5ClOS. The molecule has 0 radical (unpaired) electrons. The SMILES string of the molecule is O=c1ccsc2cc(Cl)ccc12. The van der Waals surface area contributed by atoms with Gasteiger partial charge >= 0.3 is 0 Å². The molecule has 2 aromatic rings. The highest BCUT2D eigenvalue weighted by Crippen LogP contribution is 2.19. The molecule has 60 valence electrons. The lowest BCUT2D eigenvalue weighted by molar-refractivity contribution is 1.72. The van der Waals surface area contributed by atoms with Crippen LogP contribution in [0.4, 0.5) is 0 Å². The van der Waals surface area contributed by atoms with Crippen LogP contribution in [0.3, 0.4) is 0 Å². The Labute approximate surface area is 78.2 Å². The van der Waals surface area contributed by atoms with Gasteiger partial charge in [0, 0.05) is 15.1 Å². The Morgan fingerprint density at radius 2 is 2.08 bits per heavy atom. The molecule has 2 rings (SSSR count). The Hall–Kier alpha value is -0.860. The van der Waals surface area contributed by atoms with Crippen LogP contribution in [0.1, 0.15) is 0 Å². The van der Waals surface area contributed by atoms with E-state index in [-0.39, 0.29) is 5.43 Å². The first-order valence-corrected chi connectivity index (χ1v) is 4.70. The van der Waals surface area contributed by atoms with Crippen LogP contribution in [0.15, 0.2) is 34.4 Å². The van der Waals surface area contributed by atoms with Gasteiger partial charge in [0.1, 0.15) is 0 Å². The van der Waals surface area contributed by atoms with E-state index in [1.807, 2.05) is 6.07 Å². The van der Waals surface area contributed by atoms with Crippen molar-refractivity contribution in [1.29, 1.82) is 0 Å². The third-order valence-electron chi connectivity index (χ3n) is 1.62. The summed E-state index contributed by atoms with van der Waals surface area (Å²) in [5.41, 5.74) is 0.0559. The summed E-state index contributed by atoms with van der Waals surface area (Å²) in [6, 6.07) is 6.87. The molecule has 0 bridgehead atoms. The molecule has 1 aromatic carbocycles. The molecule has 0 saturated carbocycles. The van der Waals surface area contributed by atoms with Gasteiger partial charge in [0.15, 0.2) is 5.43 Å². The molecule has 0 saturated heterocycles. The molecule has 1 nitrogen and oxygen atoms in total. The summed E-state index contributed by atoms with van der Waals surface area (Å²) in [4.78, 5) is 11.3. The average Bonchev–Trinajstić information content (AvgIpc) is 2.04. The molecule has 0 aliphatic heterocycles. The molecule has 0 aliphatic rings. The second-order valence-corrected chi connectivity index (χ2v) is 3.81. The second kappa shape index (κ2) is 2.88. The van der Waals surface area contributed by atoms with E-state index >= 15 is 0 Å². The minimum atomic E-state index is 0.0559. The minimum absolute atomic E-state index is 0.0559. The summed E-state index contributed by atoms with van der Waals surface area (Å²) in [6.45, 7) is 0. The van der Waals surface area contributed by atoms with Crippen LogP contribution >= 0.6 is 22.9 Å². The lowest BCUT2D eigenvalue weighted by atomic mass is 10.2. The van der Waals surface area contributed by atoms with Crippen LogP contribution < -0.4 is 5.43 Å². The van der Waals surface area contributed by atoms with E-state index in [9.17, 15) is 4.79 Å². The minimum Gasteiger partial charge on any atom is -0.289 e. The molecule has 12 heavy (non-hydrogen) atoms. The van der Waals surface area contributed by atoms with Gasteiger partial charge in [-0.05, 0) is 29.6 Å². The highest BCUT2D eigenvalue weighted by molar-refractivity contribution is 7.16. The molecule has 0 fully saturated rings. The third kappa shape index (κ3) is 1.24. The van der Waals surface area contributed by atoms with E-state index in [4.69, 9.17) is 11.6 Å². The van der Waals surface area contributed by atoms with Crippen LogP contribution in [0, 0.1) is 0 Å². The van der Waals surface area contributed by atoms with Gasteiger partial charge in [0.2, 0.25) is 0 Å². The molecule has 0 amide bonds. The van der Waals surface area contributed by atoms with Gasteiger partial charge in [-0.3, -0.25) is 4.79 Å². The smallest absolute Gasteiger partial charge is 0.188 e. The quantitative estimate of drug-likeness (QED) is 0.633. The molecular weight excluding hydrogens is 192 g/mol. The first-order chi connectivity index (χ1) is 5.77. The van der Waals surface area contributed by atoms with Crippen molar-refractivity contribution in [3.63, 3.8) is 0 Å². The van der Waals surface area contributed by atoms with Crippen molar-refractivity contribution >= 4 is 33.0 Å². The molecule has 0 aliphatic carbocycles. The number of hydrogen-bond donors (Lipinski definition) is 0. The van der Waals surface area contributed by atoms with Gasteiger partial charge in [0.25, 0.3) is 0 Å². The number of halogens is 1. The zero-order valence-electron chi connectivity index (χ0n) is 6.08. The lowest BCUT2D eigenvalue weighted by Crippen LogP contribution is -1.95. The van der Waals surface area contributed by atoms with Crippen molar-refractivity contribution < 1.29 is 0 Å². The number of hydrogen-bond acceptors (Lipinski definition) is 2. The van der Waals surface area contributed by atoms with Gasteiger partial charge in [-0.15, -0.1) is 11.3 Å². The molecule has 3 heteroatoms. The lowest BCUT2D eigenvalue weighted by Gasteiger charge is -1.94. The van der Waals surface area contributed by atoms with Crippen molar-refractivity contribution in [1.82, 2.24) is 0 Å². The zero-order chi connectivity index (χ0) is 8.55. The van der Waals surface area contributed by atoms with E-state index in [0.29, 0.717) is 5.02 Å². The summed E-state index contributed by atoms with van der Waals surface area (Å²) in [5.74, 6) is 0. The molecule has 0 spiro atoms. The van der Waals surface area contributed by atoms with Crippen molar-refractivity contribution in [3.05, 3.63) is 44.9 Å². The molecule has 0 N–H and O–H groups in total. The summed E-state index contributed by atoms with van der Waals surface area (Å²) in [6.07, 6.45) is 0. The predicted octanol–water partition coefficient (Wildman–Crippen LogP) is 2.91. The second-order valence-electron chi connectivity index (χ2n) is 2.43. The Balaban J connectivity index is 2.96. The third-order valence-corrected chi connectivity index (χ3v) is 2.72. The number of fused-ring (bicyclic) bond motifs is 1. The van der Waals surface area contributed by atoms with Crippen LogP contribution in [-0.2, 0) is 0 Å². The Bertz CT molecular complexity index is 475. The fraction of sp³-hybridized carbons (Fsp3) is 0. The van der Waals surface area contributed by atoms with Crippen molar-refractivity contribution in [2.45, 2.75) is 0 Å². The van der Waals surface area contributed by atoms with Crippen molar-refractivity contribution in [2.75, 3.05) is 0 Å². The van der Waals surface area contributed by atoms with Crippen LogP contribution in [0.2, 0.25) is 5.02 Å². The normalized spacial score (nSPS) is 10.4. The van der Waals surface area contributed by atoms with Crippen molar-refractivity contribution in [3.8, 4) is 0 Å². The molecule has 1 aromatic heterocycles. The fourth-order valence-corrected chi connectivity index (χ4v) is 2.12. The summed E-state index contributed by atoms with van der Waals surface area (Å²) in [7, 11) is 0. The monoisotopic (exact) mass is 196 g/mol. The topological polar surface area (TPSA) is 17.1 Å². The van der Waals surface area contributed by atoms with Crippen molar-refractivity contribution in [2.24, 2.45) is 0 Å². The zero-order valence-corrected chi connectivity index (χ0v) is 7.65. The van der Waals surface area contributed by atoms with Crippen LogP contribution in [0.5, 0.6) is 0 Å². The summed E-state index contributed by atoms with van der Waals surface area (Å²) in [5, 5.41) is 3.19. The van der Waals surface area contributed by atoms with E-state index in [0.717, 1.165) is 10.1 Å².